The highest BCUT2D eigenvalue weighted by molar-refractivity contribution is 7.18. The molecule has 7 heteroatoms. The normalized spacial score (nSPS) is 11.2. The Balaban J connectivity index is 2.86. The Labute approximate surface area is 124 Å². The van der Waals surface area contributed by atoms with Crippen molar-refractivity contribution in [3.05, 3.63) is 4.88 Å². The Morgan fingerprint density at radius 3 is 2.60 bits per heavy atom. The van der Waals surface area contributed by atoms with Gasteiger partial charge in [-0.25, -0.2) is 4.98 Å². The van der Waals surface area contributed by atoms with Crippen molar-refractivity contribution in [3.63, 3.8) is 0 Å². The summed E-state index contributed by atoms with van der Waals surface area (Å²) in [5, 5.41) is 12.9. The lowest BCUT2D eigenvalue weighted by molar-refractivity contribution is 0.0671. The Bertz CT molecular complexity index is 446. The van der Waals surface area contributed by atoms with Crippen LogP contribution in [0.2, 0.25) is 0 Å². The highest BCUT2D eigenvalue weighted by Gasteiger charge is 2.23. The highest BCUT2D eigenvalue weighted by atomic mass is 32.1. The van der Waals surface area contributed by atoms with E-state index in [4.69, 9.17) is 10.8 Å². The van der Waals surface area contributed by atoms with Gasteiger partial charge >= 0.3 is 0 Å². The molecule has 0 spiro atoms. The van der Waals surface area contributed by atoms with Crippen LogP contribution in [0, 0.1) is 5.92 Å². The molecule has 1 heterocycles. The maximum Gasteiger partial charge on any atom is 0.268 e. The number of rotatable bonds is 7. The van der Waals surface area contributed by atoms with Crippen LogP contribution in [0.25, 0.3) is 0 Å². The summed E-state index contributed by atoms with van der Waals surface area (Å²) in [4.78, 5) is 18.6. The summed E-state index contributed by atoms with van der Waals surface area (Å²) >= 11 is 1.26. The second kappa shape index (κ2) is 7.44. The molecule has 0 saturated carbocycles. The lowest BCUT2D eigenvalue weighted by atomic mass is 10.2. The van der Waals surface area contributed by atoms with Crippen LogP contribution >= 0.6 is 11.3 Å². The number of hydrogen-bond donors (Lipinski definition) is 3. The summed E-state index contributed by atoms with van der Waals surface area (Å²) in [5.41, 5.74) is 5.83. The molecule has 0 aromatic carbocycles. The SMILES string of the molecule is CC(C)CNc1nc(N)c(C(=O)N(CCO)C(C)C)s1. The molecule has 114 valence electrons. The number of aliphatic hydroxyl groups excluding tert-OH is 1. The smallest absolute Gasteiger partial charge is 0.268 e. The second-order valence-electron chi connectivity index (χ2n) is 5.32. The first-order chi connectivity index (χ1) is 9.36. The molecule has 1 rings (SSSR count). The maximum atomic E-state index is 12.4. The van der Waals surface area contributed by atoms with E-state index in [1.807, 2.05) is 13.8 Å². The predicted octanol–water partition coefficient (Wildman–Crippen LogP) is 1.64. The number of aromatic nitrogens is 1. The fourth-order valence-corrected chi connectivity index (χ4v) is 2.53. The average molecular weight is 300 g/mol. The molecular weight excluding hydrogens is 276 g/mol. The van der Waals surface area contributed by atoms with Crippen LogP contribution in [-0.2, 0) is 0 Å². The van der Waals surface area contributed by atoms with E-state index < -0.39 is 0 Å². The topological polar surface area (TPSA) is 91.5 Å². The van der Waals surface area contributed by atoms with Gasteiger partial charge in [-0.1, -0.05) is 25.2 Å². The van der Waals surface area contributed by atoms with Crippen molar-refractivity contribution in [1.29, 1.82) is 0 Å². The molecule has 0 aliphatic rings. The minimum atomic E-state index is -0.179. The summed E-state index contributed by atoms with van der Waals surface area (Å²) in [6, 6.07) is 0.00298. The van der Waals surface area contributed by atoms with E-state index in [-0.39, 0.29) is 24.4 Å². The third-order valence-corrected chi connectivity index (χ3v) is 3.75. The summed E-state index contributed by atoms with van der Waals surface area (Å²) < 4.78 is 0. The molecule has 20 heavy (non-hydrogen) atoms. The lowest BCUT2D eigenvalue weighted by Crippen LogP contribution is -2.38. The van der Waals surface area contributed by atoms with Crippen molar-refractivity contribution in [3.8, 4) is 0 Å². The second-order valence-corrected chi connectivity index (χ2v) is 6.32. The fourth-order valence-electron chi connectivity index (χ4n) is 1.68. The molecule has 0 atom stereocenters. The van der Waals surface area contributed by atoms with Crippen LogP contribution < -0.4 is 11.1 Å². The minimum Gasteiger partial charge on any atom is -0.395 e. The first-order valence-electron chi connectivity index (χ1n) is 6.78. The number of hydrogen-bond acceptors (Lipinski definition) is 6. The van der Waals surface area contributed by atoms with Gasteiger partial charge in [0.15, 0.2) is 5.13 Å². The van der Waals surface area contributed by atoms with E-state index in [9.17, 15) is 4.79 Å². The van der Waals surface area contributed by atoms with Gasteiger partial charge in [-0.3, -0.25) is 4.79 Å². The number of nitrogens with zero attached hydrogens (tertiary/aromatic N) is 2. The number of carbonyl (C=O) groups excluding carboxylic acids is 1. The van der Waals surface area contributed by atoms with Crippen molar-refractivity contribution < 1.29 is 9.90 Å². The molecule has 0 fully saturated rings. The van der Waals surface area contributed by atoms with Gasteiger partial charge in [-0.05, 0) is 19.8 Å². The zero-order chi connectivity index (χ0) is 15.3. The molecule has 0 saturated heterocycles. The predicted molar refractivity (Wildman–Crippen MR) is 83.1 cm³/mol. The van der Waals surface area contributed by atoms with Gasteiger partial charge in [0.25, 0.3) is 5.91 Å². The van der Waals surface area contributed by atoms with Crippen molar-refractivity contribution in [2.24, 2.45) is 5.92 Å². The Morgan fingerprint density at radius 2 is 2.10 bits per heavy atom. The lowest BCUT2D eigenvalue weighted by Gasteiger charge is -2.25. The molecule has 0 aliphatic carbocycles. The van der Waals surface area contributed by atoms with Gasteiger partial charge in [-0.15, -0.1) is 0 Å². The third-order valence-electron chi connectivity index (χ3n) is 2.73. The number of aliphatic hydroxyl groups is 1. The average Bonchev–Trinajstić information content (AvgIpc) is 2.73. The summed E-state index contributed by atoms with van der Waals surface area (Å²) in [7, 11) is 0. The molecule has 6 nitrogen and oxygen atoms in total. The summed E-state index contributed by atoms with van der Waals surface area (Å²) in [5.74, 6) is 0.553. The molecule has 1 amide bonds. The molecule has 0 bridgehead atoms. The fraction of sp³-hybridized carbons (Fsp3) is 0.692. The molecule has 1 aromatic rings. The zero-order valence-corrected chi connectivity index (χ0v) is 13.3. The van der Waals surface area contributed by atoms with Crippen LogP contribution in [0.1, 0.15) is 37.4 Å². The summed E-state index contributed by atoms with van der Waals surface area (Å²) in [6.07, 6.45) is 0. The number of nitrogens with one attached hydrogen (secondary N) is 1. The standard InChI is InChI=1S/C13H24N4O2S/c1-8(2)7-15-13-16-11(14)10(20-13)12(19)17(5-6-18)9(3)4/h8-9,18H,5-7,14H2,1-4H3,(H,15,16). The molecule has 0 radical (unpaired) electrons. The molecule has 0 unspecified atom stereocenters. The number of thiazole rings is 1. The number of amides is 1. The van der Waals surface area contributed by atoms with Crippen molar-refractivity contribution in [2.45, 2.75) is 33.7 Å². The largest absolute Gasteiger partial charge is 0.395 e. The van der Waals surface area contributed by atoms with E-state index >= 15 is 0 Å². The first kappa shape index (κ1) is 16.7. The summed E-state index contributed by atoms with van der Waals surface area (Å²) in [6.45, 7) is 9.01. The van der Waals surface area contributed by atoms with Crippen molar-refractivity contribution in [1.82, 2.24) is 9.88 Å². The zero-order valence-electron chi connectivity index (χ0n) is 12.5. The molecular formula is C13H24N4O2S. The maximum absolute atomic E-state index is 12.4. The molecule has 0 aliphatic heterocycles. The quantitative estimate of drug-likeness (QED) is 0.712. The van der Waals surface area contributed by atoms with Crippen LogP contribution in [-0.4, -0.2) is 46.6 Å². The number of carbonyl (C=O) groups is 1. The molecule has 1 aromatic heterocycles. The van der Waals surface area contributed by atoms with Crippen LogP contribution in [0.4, 0.5) is 10.9 Å². The van der Waals surface area contributed by atoms with Gasteiger partial charge in [0.05, 0.1) is 6.61 Å². The van der Waals surface area contributed by atoms with Crippen molar-refractivity contribution in [2.75, 3.05) is 30.7 Å². The van der Waals surface area contributed by atoms with Gasteiger partial charge in [-0.2, -0.15) is 0 Å². The van der Waals surface area contributed by atoms with Crippen molar-refractivity contribution >= 4 is 28.2 Å². The van der Waals surface area contributed by atoms with Crippen LogP contribution in [0.5, 0.6) is 0 Å². The Morgan fingerprint density at radius 1 is 1.45 bits per heavy atom. The Hall–Kier alpha value is -1.34. The van der Waals surface area contributed by atoms with Crippen LogP contribution in [0.15, 0.2) is 0 Å². The first-order valence-corrected chi connectivity index (χ1v) is 7.60. The van der Waals surface area contributed by atoms with E-state index in [2.05, 4.69) is 24.1 Å². The monoisotopic (exact) mass is 300 g/mol. The van der Waals surface area contributed by atoms with Gasteiger partial charge in [0.2, 0.25) is 0 Å². The number of anilines is 2. The van der Waals surface area contributed by atoms with E-state index in [0.29, 0.717) is 22.5 Å². The highest BCUT2D eigenvalue weighted by Crippen LogP contribution is 2.27. The van der Waals surface area contributed by atoms with Gasteiger partial charge in [0, 0.05) is 19.1 Å². The number of nitrogens with two attached hydrogens (primary N) is 1. The number of nitrogen functional groups attached to an aromatic ring is 1. The van der Waals surface area contributed by atoms with E-state index in [1.54, 1.807) is 4.90 Å². The van der Waals surface area contributed by atoms with Gasteiger partial charge in [0.1, 0.15) is 10.7 Å². The van der Waals surface area contributed by atoms with E-state index in [0.717, 1.165) is 6.54 Å². The van der Waals surface area contributed by atoms with Crippen LogP contribution in [0.3, 0.4) is 0 Å². The molecule has 4 N–H and O–H groups in total. The minimum absolute atomic E-state index is 0.00298. The van der Waals surface area contributed by atoms with E-state index in [1.165, 1.54) is 11.3 Å². The van der Waals surface area contributed by atoms with Gasteiger partial charge < -0.3 is 21.1 Å². The third kappa shape index (κ3) is 4.35. The Kier molecular flexibility index (Phi) is 6.22.